The third-order valence-electron chi connectivity index (χ3n) is 5.11. The zero-order valence-corrected chi connectivity index (χ0v) is 19.5. The second kappa shape index (κ2) is 10.8. The molecule has 0 saturated heterocycles. The summed E-state index contributed by atoms with van der Waals surface area (Å²) < 4.78 is 5.70. The number of nitrogens with zero attached hydrogens (tertiary/aromatic N) is 2. The molecule has 3 rings (SSSR count). The minimum atomic E-state index is -0.847. The molecule has 2 amide bonds. The van der Waals surface area contributed by atoms with Gasteiger partial charge < -0.3 is 9.73 Å². The number of nitro groups is 1. The number of hydrazone groups is 1. The smallest absolute Gasteiger partial charge is 0.273 e. The average molecular weight is 483 g/mol. The van der Waals surface area contributed by atoms with Crippen LogP contribution < -0.4 is 10.7 Å². The Morgan fingerprint density at radius 1 is 1.12 bits per heavy atom. The van der Waals surface area contributed by atoms with E-state index in [1.54, 1.807) is 69.3 Å². The summed E-state index contributed by atoms with van der Waals surface area (Å²) in [6.07, 6.45) is 1.31. The lowest BCUT2D eigenvalue weighted by Crippen LogP contribution is -2.48. The standard InChI is InChI=1S/C24H23ClN4O5/c1-14(2)22(27-23(30)18-7-4-5-9-19(18)25)24(31)28-26-13-16-11-12-21(34-16)17-8-6-10-20(15(17)3)29(32)33/h4-14,22H,1-3H3,(H,27,30)(H,28,31)/b26-13-/t22-/m1/s1. The molecule has 10 heteroatoms. The number of nitrogens with one attached hydrogen (secondary N) is 2. The first kappa shape index (κ1) is 24.7. The van der Waals surface area contributed by atoms with E-state index in [0.29, 0.717) is 22.6 Å². The van der Waals surface area contributed by atoms with Crippen LogP contribution in [0.15, 0.2) is 64.1 Å². The number of halogens is 1. The quantitative estimate of drug-likeness (QED) is 0.273. The Labute approximate surface area is 201 Å². The zero-order chi connectivity index (χ0) is 24.8. The van der Waals surface area contributed by atoms with Crippen molar-refractivity contribution in [2.45, 2.75) is 26.8 Å². The monoisotopic (exact) mass is 482 g/mol. The molecule has 0 aliphatic heterocycles. The number of rotatable bonds is 8. The Kier molecular flexibility index (Phi) is 7.80. The number of hydrogen-bond acceptors (Lipinski definition) is 6. The normalized spacial score (nSPS) is 12.0. The van der Waals surface area contributed by atoms with Crippen molar-refractivity contribution < 1.29 is 18.9 Å². The van der Waals surface area contributed by atoms with Crippen LogP contribution in [0, 0.1) is 23.0 Å². The minimum Gasteiger partial charge on any atom is -0.455 e. The second-order valence-electron chi connectivity index (χ2n) is 7.82. The summed E-state index contributed by atoms with van der Waals surface area (Å²) in [6.45, 7) is 5.23. The molecule has 2 aromatic carbocycles. The van der Waals surface area contributed by atoms with E-state index in [4.69, 9.17) is 16.0 Å². The third kappa shape index (κ3) is 5.68. The Morgan fingerprint density at radius 3 is 2.53 bits per heavy atom. The van der Waals surface area contributed by atoms with Crippen LogP contribution >= 0.6 is 11.6 Å². The SMILES string of the molecule is Cc1c(-c2ccc(/C=N\NC(=O)[C@H](NC(=O)c3ccccc3Cl)C(C)C)o2)cccc1[N+](=O)[O-]. The summed E-state index contributed by atoms with van der Waals surface area (Å²) in [6, 6.07) is 13.7. The Morgan fingerprint density at radius 2 is 1.85 bits per heavy atom. The molecular formula is C24H23ClN4O5. The van der Waals surface area contributed by atoms with Gasteiger partial charge in [0.15, 0.2) is 0 Å². The van der Waals surface area contributed by atoms with Crippen LogP contribution in [0.1, 0.15) is 35.5 Å². The van der Waals surface area contributed by atoms with E-state index >= 15 is 0 Å². The fraction of sp³-hybridized carbons (Fsp3) is 0.208. The Hall–Kier alpha value is -3.98. The molecule has 1 atom stereocenters. The average Bonchev–Trinajstić information content (AvgIpc) is 3.25. The van der Waals surface area contributed by atoms with Crippen LogP contribution in [0.25, 0.3) is 11.3 Å². The number of carbonyl (C=O) groups excluding carboxylic acids is 2. The number of furan rings is 1. The van der Waals surface area contributed by atoms with Crippen LogP contribution in [0.2, 0.25) is 5.02 Å². The van der Waals surface area contributed by atoms with Crippen LogP contribution in [-0.2, 0) is 4.79 Å². The van der Waals surface area contributed by atoms with E-state index in [9.17, 15) is 19.7 Å². The Bertz CT molecular complexity index is 1250. The van der Waals surface area contributed by atoms with Crippen LogP contribution in [-0.4, -0.2) is 29.0 Å². The first-order valence-corrected chi connectivity index (χ1v) is 10.8. The summed E-state index contributed by atoms with van der Waals surface area (Å²) in [7, 11) is 0. The number of hydrogen-bond donors (Lipinski definition) is 2. The van der Waals surface area contributed by atoms with Crippen molar-refractivity contribution in [2.75, 3.05) is 0 Å². The molecule has 2 N–H and O–H groups in total. The first-order valence-electron chi connectivity index (χ1n) is 10.4. The van der Waals surface area contributed by atoms with Gasteiger partial charge in [-0.3, -0.25) is 19.7 Å². The van der Waals surface area contributed by atoms with Crippen molar-refractivity contribution in [1.29, 1.82) is 0 Å². The van der Waals surface area contributed by atoms with Gasteiger partial charge in [0.1, 0.15) is 17.6 Å². The van der Waals surface area contributed by atoms with Crippen molar-refractivity contribution in [1.82, 2.24) is 10.7 Å². The van der Waals surface area contributed by atoms with E-state index in [1.807, 2.05) is 0 Å². The molecule has 1 heterocycles. The minimum absolute atomic E-state index is 0.00468. The largest absolute Gasteiger partial charge is 0.455 e. The van der Waals surface area contributed by atoms with Gasteiger partial charge in [-0.1, -0.05) is 49.7 Å². The molecule has 0 fully saturated rings. The van der Waals surface area contributed by atoms with Crippen molar-refractivity contribution in [3.05, 3.63) is 86.6 Å². The highest BCUT2D eigenvalue weighted by atomic mass is 35.5. The maximum atomic E-state index is 12.6. The maximum Gasteiger partial charge on any atom is 0.273 e. The predicted octanol–water partition coefficient (Wildman–Crippen LogP) is 4.72. The lowest BCUT2D eigenvalue weighted by atomic mass is 10.0. The van der Waals surface area contributed by atoms with Gasteiger partial charge in [0.05, 0.1) is 21.7 Å². The highest BCUT2D eigenvalue weighted by molar-refractivity contribution is 6.33. The molecule has 176 valence electrons. The summed E-state index contributed by atoms with van der Waals surface area (Å²) in [5.74, 6) is -0.420. The molecule has 0 saturated carbocycles. The number of amides is 2. The first-order chi connectivity index (χ1) is 16.2. The second-order valence-corrected chi connectivity index (χ2v) is 8.23. The van der Waals surface area contributed by atoms with E-state index in [0.717, 1.165) is 0 Å². The van der Waals surface area contributed by atoms with Crippen molar-refractivity contribution >= 4 is 35.3 Å². The summed E-state index contributed by atoms with van der Waals surface area (Å²) >= 11 is 6.06. The van der Waals surface area contributed by atoms with Gasteiger partial charge in [-0.2, -0.15) is 5.10 Å². The van der Waals surface area contributed by atoms with Gasteiger partial charge in [0.2, 0.25) is 0 Å². The summed E-state index contributed by atoms with van der Waals surface area (Å²) in [5.41, 5.74) is 3.73. The fourth-order valence-electron chi connectivity index (χ4n) is 3.28. The molecule has 1 aromatic heterocycles. The molecule has 0 bridgehead atoms. The number of benzene rings is 2. The highest BCUT2D eigenvalue weighted by Crippen LogP contribution is 2.30. The third-order valence-corrected chi connectivity index (χ3v) is 5.44. The van der Waals surface area contributed by atoms with Crippen molar-refractivity contribution in [3.63, 3.8) is 0 Å². The number of carbonyl (C=O) groups is 2. The molecule has 0 spiro atoms. The van der Waals surface area contributed by atoms with E-state index < -0.39 is 22.8 Å². The molecule has 34 heavy (non-hydrogen) atoms. The molecular weight excluding hydrogens is 460 g/mol. The zero-order valence-electron chi connectivity index (χ0n) is 18.7. The van der Waals surface area contributed by atoms with Crippen LogP contribution in [0.3, 0.4) is 0 Å². The topological polar surface area (TPSA) is 127 Å². The summed E-state index contributed by atoms with van der Waals surface area (Å²) in [5, 5.41) is 18.0. The molecule has 9 nitrogen and oxygen atoms in total. The maximum absolute atomic E-state index is 12.6. The fourth-order valence-corrected chi connectivity index (χ4v) is 3.51. The highest BCUT2D eigenvalue weighted by Gasteiger charge is 2.25. The van der Waals surface area contributed by atoms with E-state index in [2.05, 4.69) is 15.8 Å². The predicted molar refractivity (Wildman–Crippen MR) is 129 cm³/mol. The lowest BCUT2D eigenvalue weighted by Gasteiger charge is -2.20. The van der Waals surface area contributed by atoms with Gasteiger partial charge >= 0.3 is 0 Å². The molecule has 0 radical (unpaired) electrons. The van der Waals surface area contributed by atoms with Gasteiger partial charge in [-0.05, 0) is 37.1 Å². The van der Waals surface area contributed by atoms with Gasteiger partial charge in [0.25, 0.3) is 17.5 Å². The van der Waals surface area contributed by atoms with Gasteiger partial charge in [-0.25, -0.2) is 5.43 Å². The molecule has 0 aliphatic carbocycles. The Balaban J connectivity index is 1.68. The van der Waals surface area contributed by atoms with E-state index in [-0.39, 0.29) is 22.2 Å². The molecule has 0 aliphatic rings. The summed E-state index contributed by atoms with van der Waals surface area (Å²) in [4.78, 5) is 35.9. The lowest BCUT2D eigenvalue weighted by molar-refractivity contribution is -0.385. The van der Waals surface area contributed by atoms with Gasteiger partial charge in [-0.15, -0.1) is 0 Å². The van der Waals surface area contributed by atoms with E-state index in [1.165, 1.54) is 12.3 Å². The van der Waals surface area contributed by atoms with Crippen LogP contribution in [0.5, 0.6) is 0 Å². The number of nitro benzene ring substituents is 1. The molecule has 3 aromatic rings. The van der Waals surface area contributed by atoms with Crippen molar-refractivity contribution in [3.8, 4) is 11.3 Å². The van der Waals surface area contributed by atoms with Gasteiger partial charge in [0, 0.05) is 17.2 Å². The van der Waals surface area contributed by atoms with Crippen LogP contribution in [0.4, 0.5) is 5.69 Å². The van der Waals surface area contributed by atoms with Crippen molar-refractivity contribution in [2.24, 2.45) is 11.0 Å². The molecule has 0 unspecified atom stereocenters.